The largest absolute Gasteiger partial charge is 0.326 e. The van der Waals surface area contributed by atoms with Gasteiger partial charge in [-0.15, -0.1) is 0 Å². The minimum absolute atomic E-state index is 0.149. The van der Waals surface area contributed by atoms with Gasteiger partial charge in [0.15, 0.2) is 0 Å². The number of nitrogens with one attached hydrogen (secondary N) is 1. The van der Waals surface area contributed by atoms with Gasteiger partial charge >= 0.3 is 7.60 Å². The molecule has 0 bridgehead atoms. The predicted octanol–water partition coefficient (Wildman–Crippen LogP) is 2.11. The lowest BCUT2D eigenvalue weighted by Crippen LogP contribution is -2.11. The van der Waals surface area contributed by atoms with Crippen LogP contribution < -0.4 is 5.32 Å². The molecule has 0 saturated carbocycles. The first kappa shape index (κ1) is 14.8. The first-order valence-corrected chi connectivity index (χ1v) is 7.26. The van der Waals surface area contributed by atoms with Crippen LogP contribution in [0.1, 0.15) is 19.3 Å². The molecular weight excluding hydrogens is 260 g/mol. The lowest BCUT2D eigenvalue weighted by molar-refractivity contribution is -0.116. The second-order valence-corrected chi connectivity index (χ2v) is 5.68. The van der Waals surface area contributed by atoms with E-state index in [1.165, 1.54) is 18.2 Å². The van der Waals surface area contributed by atoms with E-state index >= 15 is 0 Å². The van der Waals surface area contributed by atoms with E-state index in [0.29, 0.717) is 12.1 Å². The molecule has 1 rings (SSSR count). The molecule has 7 heteroatoms. The fourth-order valence-corrected chi connectivity index (χ4v) is 2.03. The summed E-state index contributed by atoms with van der Waals surface area (Å²) in [7, 11) is -3.98. The van der Waals surface area contributed by atoms with Crippen LogP contribution in [-0.2, 0) is 9.36 Å². The Morgan fingerprint density at radius 1 is 1.33 bits per heavy atom. The standard InChI is InChI=1S/C11H15FNO4P/c12-9-4-3-5-10(8-9)13-11(14)6-1-2-7-18(15,16)17/h3-5,8H,1-2,6-7H2,(H,13,14)(H2,15,16,17). The van der Waals surface area contributed by atoms with Crippen LogP contribution in [0.3, 0.4) is 0 Å². The summed E-state index contributed by atoms with van der Waals surface area (Å²) in [5, 5.41) is 2.51. The van der Waals surface area contributed by atoms with Gasteiger partial charge in [-0.3, -0.25) is 9.36 Å². The molecule has 1 aromatic carbocycles. The van der Waals surface area contributed by atoms with Crippen molar-refractivity contribution >= 4 is 19.2 Å². The summed E-state index contributed by atoms with van der Waals surface area (Å²) in [5.41, 5.74) is 0.370. The van der Waals surface area contributed by atoms with Gasteiger partial charge in [0.25, 0.3) is 0 Å². The first-order valence-electron chi connectivity index (χ1n) is 5.47. The Labute approximate surface area is 104 Å². The van der Waals surface area contributed by atoms with Gasteiger partial charge in [0.1, 0.15) is 5.82 Å². The van der Waals surface area contributed by atoms with Gasteiger partial charge in [-0.25, -0.2) is 4.39 Å². The first-order chi connectivity index (χ1) is 8.37. The Morgan fingerprint density at radius 2 is 2.06 bits per heavy atom. The fourth-order valence-electron chi connectivity index (χ4n) is 1.39. The molecular formula is C11H15FNO4P. The third-order valence-corrected chi connectivity index (χ3v) is 3.11. The van der Waals surface area contributed by atoms with Crippen LogP contribution >= 0.6 is 7.60 Å². The van der Waals surface area contributed by atoms with Gasteiger partial charge in [0.2, 0.25) is 5.91 Å². The zero-order chi connectivity index (χ0) is 13.6. The summed E-state index contributed by atoms with van der Waals surface area (Å²) in [6.07, 6.45) is 0.587. The summed E-state index contributed by atoms with van der Waals surface area (Å²) >= 11 is 0. The number of hydrogen-bond acceptors (Lipinski definition) is 2. The second-order valence-electron chi connectivity index (χ2n) is 3.90. The molecule has 0 aromatic heterocycles. The van der Waals surface area contributed by atoms with Crippen molar-refractivity contribution < 1.29 is 23.5 Å². The summed E-state index contributed by atoms with van der Waals surface area (Å²) in [5.74, 6) is -0.736. The van der Waals surface area contributed by atoms with Gasteiger partial charge in [-0.05, 0) is 31.0 Å². The molecule has 5 nitrogen and oxygen atoms in total. The van der Waals surface area contributed by atoms with Crippen molar-refractivity contribution in [2.24, 2.45) is 0 Å². The molecule has 1 amide bonds. The van der Waals surface area contributed by atoms with Crippen molar-refractivity contribution in [2.45, 2.75) is 19.3 Å². The number of halogens is 1. The van der Waals surface area contributed by atoms with Crippen molar-refractivity contribution in [3.63, 3.8) is 0 Å². The zero-order valence-electron chi connectivity index (χ0n) is 9.67. The topological polar surface area (TPSA) is 86.6 Å². The highest BCUT2D eigenvalue weighted by Gasteiger charge is 2.12. The molecule has 1 aromatic rings. The number of unbranched alkanes of at least 4 members (excludes halogenated alkanes) is 1. The number of amides is 1. The maximum absolute atomic E-state index is 12.8. The maximum atomic E-state index is 12.8. The number of anilines is 1. The van der Waals surface area contributed by atoms with E-state index < -0.39 is 13.4 Å². The molecule has 0 fully saturated rings. The normalized spacial score (nSPS) is 11.3. The second kappa shape index (κ2) is 6.64. The molecule has 0 aliphatic rings. The van der Waals surface area contributed by atoms with E-state index in [1.54, 1.807) is 6.07 Å². The van der Waals surface area contributed by atoms with E-state index in [4.69, 9.17) is 9.79 Å². The van der Waals surface area contributed by atoms with Gasteiger partial charge in [0, 0.05) is 18.3 Å². The molecule has 0 aliphatic heterocycles. The molecule has 0 saturated heterocycles. The van der Waals surface area contributed by atoms with Crippen molar-refractivity contribution in [3.05, 3.63) is 30.1 Å². The van der Waals surface area contributed by atoms with Crippen molar-refractivity contribution in [1.29, 1.82) is 0 Å². The summed E-state index contributed by atoms with van der Waals surface area (Å²) in [6.45, 7) is 0. The lowest BCUT2D eigenvalue weighted by Gasteiger charge is -2.06. The summed E-state index contributed by atoms with van der Waals surface area (Å²) in [6, 6.07) is 5.53. The van der Waals surface area contributed by atoms with Crippen LogP contribution in [0, 0.1) is 5.82 Å². The summed E-state index contributed by atoms with van der Waals surface area (Å²) < 4.78 is 23.4. The molecule has 0 heterocycles. The smallest absolute Gasteiger partial charge is 0.325 e. The molecule has 3 N–H and O–H groups in total. The highest BCUT2D eigenvalue weighted by molar-refractivity contribution is 7.51. The molecule has 0 atom stereocenters. The van der Waals surface area contributed by atoms with Crippen molar-refractivity contribution in [2.75, 3.05) is 11.5 Å². The Bertz CT molecular complexity index is 460. The Morgan fingerprint density at radius 3 is 2.67 bits per heavy atom. The van der Waals surface area contributed by atoms with Gasteiger partial charge in [-0.1, -0.05) is 6.07 Å². The van der Waals surface area contributed by atoms with Crippen LogP contribution in [0.15, 0.2) is 24.3 Å². The molecule has 18 heavy (non-hydrogen) atoms. The Hall–Kier alpha value is -1.23. The van der Waals surface area contributed by atoms with E-state index in [-0.39, 0.29) is 24.9 Å². The number of benzene rings is 1. The van der Waals surface area contributed by atoms with Crippen LogP contribution in [-0.4, -0.2) is 21.9 Å². The van der Waals surface area contributed by atoms with Crippen molar-refractivity contribution in [3.8, 4) is 0 Å². The number of carbonyl (C=O) groups excluding carboxylic acids is 1. The number of hydrogen-bond donors (Lipinski definition) is 3. The van der Waals surface area contributed by atoms with E-state index in [9.17, 15) is 13.8 Å². The van der Waals surface area contributed by atoms with Gasteiger partial charge in [-0.2, -0.15) is 0 Å². The SMILES string of the molecule is O=C(CCCCP(=O)(O)O)Nc1cccc(F)c1. The average Bonchev–Trinajstić information content (AvgIpc) is 2.23. The highest BCUT2D eigenvalue weighted by Crippen LogP contribution is 2.35. The lowest BCUT2D eigenvalue weighted by atomic mass is 10.2. The molecule has 0 spiro atoms. The Balaban J connectivity index is 2.28. The molecule has 0 radical (unpaired) electrons. The minimum Gasteiger partial charge on any atom is -0.326 e. The third kappa shape index (κ3) is 6.49. The van der Waals surface area contributed by atoms with Crippen molar-refractivity contribution in [1.82, 2.24) is 0 Å². The number of rotatable bonds is 6. The summed E-state index contributed by atoms with van der Waals surface area (Å²) in [4.78, 5) is 28.7. The minimum atomic E-state index is -3.98. The zero-order valence-corrected chi connectivity index (χ0v) is 10.6. The van der Waals surface area contributed by atoms with Crippen LogP contribution in [0.5, 0.6) is 0 Å². The highest BCUT2D eigenvalue weighted by atomic mass is 31.2. The average molecular weight is 275 g/mol. The van der Waals surface area contributed by atoms with Gasteiger partial charge < -0.3 is 15.1 Å². The fraction of sp³-hybridized carbons (Fsp3) is 0.364. The molecule has 100 valence electrons. The molecule has 0 aliphatic carbocycles. The van der Waals surface area contributed by atoms with Gasteiger partial charge in [0.05, 0.1) is 0 Å². The Kier molecular flexibility index (Phi) is 5.47. The van der Waals surface area contributed by atoms with Crippen LogP contribution in [0.4, 0.5) is 10.1 Å². The van der Waals surface area contributed by atoms with E-state index in [2.05, 4.69) is 5.32 Å². The maximum Gasteiger partial charge on any atom is 0.325 e. The third-order valence-electron chi connectivity index (χ3n) is 2.21. The predicted molar refractivity (Wildman–Crippen MR) is 65.8 cm³/mol. The quantitative estimate of drug-likeness (QED) is 0.548. The van der Waals surface area contributed by atoms with Crippen LogP contribution in [0.2, 0.25) is 0 Å². The number of carbonyl (C=O) groups is 1. The van der Waals surface area contributed by atoms with E-state index in [1.807, 2.05) is 0 Å². The van der Waals surface area contributed by atoms with E-state index in [0.717, 1.165) is 0 Å². The monoisotopic (exact) mass is 275 g/mol. The van der Waals surface area contributed by atoms with Crippen LogP contribution in [0.25, 0.3) is 0 Å². The molecule has 0 unspecified atom stereocenters.